The highest BCUT2D eigenvalue weighted by Gasteiger charge is 2.26. The summed E-state index contributed by atoms with van der Waals surface area (Å²) in [4.78, 5) is 20.0. The molecule has 0 aliphatic heterocycles. The Balaban J connectivity index is 0.000000618. The summed E-state index contributed by atoms with van der Waals surface area (Å²) < 4.78 is 0. The van der Waals surface area contributed by atoms with Crippen molar-refractivity contribution in [3.8, 4) is 0 Å². The van der Waals surface area contributed by atoms with Crippen molar-refractivity contribution < 1.29 is 0 Å². The first-order valence-electron chi connectivity index (χ1n) is 48.9. The van der Waals surface area contributed by atoms with Crippen LogP contribution in [0.25, 0.3) is 0 Å². The minimum absolute atomic E-state index is 0.851. The van der Waals surface area contributed by atoms with E-state index in [1.54, 1.807) is 0 Å². The van der Waals surface area contributed by atoms with Gasteiger partial charge in [0.15, 0.2) is 0 Å². The fourth-order valence-corrected chi connectivity index (χ4v) is 14.2. The van der Waals surface area contributed by atoms with Crippen LogP contribution in [-0.4, -0.2) is 200 Å². The molecule has 0 aromatic heterocycles. The molecule has 8 nitrogen and oxygen atoms in total. The van der Waals surface area contributed by atoms with E-state index in [2.05, 4.69) is 206 Å². The van der Waals surface area contributed by atoms with Crippen molar-refractivity contribution in [2.45, 2.75) is 393 Å². The van der Waals surface area contributed by atoms with Gasteiger partial charge in [0.05, 0.1) is 0 Å². The van der Waals surface area contributed by atoms with Gasteiger partial charge in [0.2, 0.25) is 0 Å². The quantitative estimate of drug-likeness (QED) is 0.0556. The van der Waals surface area contributed by atoms with Crippen LogP contribution < -0.4 is 0 Å². The molecule has 0 N–H and O–H groups in total. The van der Waals surface area contributed by atoms with Gasteiger partial charge >= 0.3 is 0 Å². The maximum absolute atomic E-state index is 2.52. The molecular formula is C100H208N8. The zero-order valence-corrected chi connectivity index (χ0v) is 79.2. The van der Waals surface area contributed by atoms with Gasteiger partial charge in [0.25, 0.3) is 0 Å². The molecule has 0 saturated heterocycles. The van der Waals surface area contributed by atoms with Gasteiger partial charge in [-0.2, -0.15) is 0 Å². The minimum atomic E-state index is 0.851. The van der Waals surface area contributed by atoms with E-state index in [0.29, 0.717) is 0 Å². The molecule has 8 fully saturated rings. The Morgan fingerprint density at radius 2 is 0.324 bits per heavy atom. The Morgan fingerprint density at radius 1 is 0.157 bits per heavy atom. The molecule has 0 radical (unpaired) electrons. The monoisotopic (exact) mass is 1520 g/mol. The second kappa shape index (κ2) is 68.7. The lowest BCUT2D eigenvalue weighted by Gasteiger charge is -2.17. The fraction of sp³-hybridized carbons (Fsp3) is 1.00. The third-order valence-electron chi connectivity index (χ3n) is 24.3. The first-order valence-corrected chi connectivity index (χ1v) is 48.9. The molecule has 0 aromatic rings. The van der Waals surface area contributed by atoms with Crippen LogP contribution in [0.3, 0.4) is 0 Å². The largest absolute Gasteiger partial charge is 0.306 e. The van der Waals surface area contributed by atoms with E-state index < -0.39 is 0 Å². The Bertz CT molecular complexity index is 1820. The Morgan fingerprint density at radius 3 is 0.565 bits per heavy atom. The Kier molecular flexibility index (Phi) is 67.2. The van der Waals surface area contributed by atoms with E-state index in [4.69, 9.17) is 0 Å². The normalized spacial score (nSPS) is 17.1. The highest BCUT2D eigenvalue weighted by Crippen LogP contribution is 2.37. The predicted octanol–water partition coefficient (Wildman–Crippen LogP) is 26.8. The van der Waals surface area contributed by atoms with Crippen molar-refractivity contribution in [3.05, 3.63) is 0 Å². The SMILES string of the molecule is CC(C)CCCCN(C)CC1CC1.CC(C)CCCCN(C)CCC1CC1.CC(C)CCCCN(C)CCCC1CC1.CC(C)CCCCN(C)CCCCC1CC1.CC(C)CCN(C)CC1CC1.CC(C)CCN(C)CCC1CC1.CC(C)CCN(C)CCCC1CC1.CC(C)CCN(C)CCCCC1CC1. The molecule has 0 bridgehead atoms. The van der Waals surface area contributed by atoms with Gasteiger partial charge in [0, 0.05) is 13.1 Å². The van der Waals surface area contributed by atoms with Gasteiger partial charge < -0.3 is 39.2 Å². The van der Waals surface area contributed by atoms with Crippen molar-refractivity contribution in [3.63, 3.8) is 0 Å². The van der Waals surface area contributed by atoms with Crippen molar-refractivity contribution in [1.29, 1.82) is 0 Å². The maximum Gasteiger partial charge on any atom is 0.000661 e. The average molecular weight is 1520 g/mol. The van der Waals surface area contributed by atoms with E-state index in [9.17, 15) is 0 Å². The summed E-state index contributed by atoms with van der Waals surface area (Å²) in [5.74, 6) is 15.7. The van der Waals surface area contributed by atoms with E-state index in [1.807, 2.05) is 0 Å². The molecular weight excluding hydrogens is 1310 g/mol. The van der Waals surface area contributed by atoms with Crippen molar-refractivity contribution >= 4 is 0 Å². The van der Waals surface area contributed by atoms with Crippen LogP contribution in [0.15, 0.2) is 0 Å². The highest BCUT2D eigenvalue weighted by molar-refractivity contribution is 4.80. The lowest BCUT2D eigenvalue weighted by molar-refractivity contribution is 0.299. The van der Waals surface area contributed by atoms with Gasteiger partial charge in [-0.05, 0) is 371 Å². The van der Waals surface area contributed by atoms with Gasteiger partial charge in [0.1, 0.15) is 0 Å². The molecule has 0 aromatic carbocycles. The minimum Gasteiger partial charge on any atom is -0.306 e. The molecule has 8 aliphatic carbocycles. The van der Waals surface area contributed by atoms with Crippen LogP contribution in [0, 0.1) is 94.7 Å². The third-order valence-corrected chi connectivity index (χ3v) is 24.3. The number of hydrogen-bond donors (Lipinski definition) is 0. The third kappa shape index (κ3) is 86.5. The summed E-state index contributed by atoms with van der Waals surface area (Å²) in [5.41, 5.74) is 0. The van der Waals surface area contributed by atoms with Crippen LogP contribution in [0.4, 0.5) is 0 Å². The first-order chi connectivity index (χ1) is 51.5. The van der Waals surface area contributed by atoms with Crippen LogP contribution in [0.2, 0.25) is 0 Å². The van der Waals surface area contributed by atoms with Crippen molar-refractivity contribution in [2.24, 2.45) is 94.7 Å². The van der Waals surface area contributed by atoms with E-state index >= 15 is 0 Å². The molecule has 8 rings (SSSR count). The summed E-state index contributed by atoms with van der Waals surface area (Å²) in [6, 6.07) is 0. The lowest BCUT2D eigenvalue weighted by atomic mass is 10.1. The second-order valence-corrected chi connectivity index (χ2v) is 42.0. The molecule has 0 amide bonds. The molecule has 8 heteroatoms. The second-order valence-electron chi connectivity index (χ2n) is 42.0. The Hall–Kier alpha value is -0.320. The Labute approximate surface area is 684 Å². The predicted molar refractivity (Wildman–Crippen MR) is 490 cm³/mol. The molecule has 648 valence electrons. The smallest absolute Gasteiger partial charge is 0.000661 e. The maximum atomic E-state index is 2.52. The topological polar surface area (TPSA) is 25.9 Å². The van der Waals surface area contributed by atoms with Crippen LogP contribution >= 0.6 is 0 Å². The zero-order chi connectivity index (χ0) is 80.3. The molecule has 8 saturated carbocycles. The van der Waals surface area contributed by atoms with Crippen LogP contribution in [0.1, 0.15) is 393 Å². The molecule has 108 heavy (non-hydrogen) atoms. The summed E-state index contributed by atoms with van der Waals surface area (Å²) in [6.45, 7) is 57.9. The van der Waals surface area contributed by atoms with Gasteiger partial charge in [-0.15, -0.1) is 0 Å². The highest BCUT2D eigenvalue weighted by atomic mass is 15.1. The van der Waals surface area contributed by atoms with Gasteiger partial charge in [-0.1, -0.05) is 265 Å². The standard InChI is InChI=1S/C15H31N.C14H29N.2C13H27N.2C12H25N.C11H23N.C10H21N/c1-14(2)8-4-6-12-16(3)13-7-5-9-15-10-11-15;1-13(2)7-4-5-11-15(3)12-6-8-14-9-10-14;1-12(2)9-11-14(3)10-5-4-6-13-7-8-13;1-12(2)6-4-5-10-14(3)11-9-13-7-8-13;1-11(2)8-10-13(3)9-4-5-12-6-7-12;1-11(2)6-4-5-9-13(3)10-12-7-8-12;1-10(2)6-8-12(3)9-7-11-4-5-11;1-9(2)6-7-11(3)8-10-4-5-10/h14-15H,4-13H2,1-3H3;13-14H,4-12H2,1-3H3;2*12-13H,4-11H2,1-3H3;2*11-12H,4-10H2,1-3H3;10-11H,4-9H2,1-3H3;9-10H,4-8H2,1-3H3. The fourth-order valence-electron chi connectivity index (χ4n) is 14.2. The van der Waals surface area contributed by atoms with Crippen molar-refractivity contribution in [2.75, 3.05) is 161 Å². The van der Waals surface area contributed by atoms with Crippen LogP contribution in [-0.2, 0) is 0 Å². The lowest BCUT2D eigenvalue weighted by Crippen LogP contribution is -2.23. The zero-order valence-electron chi connectivity index (χ0n) is 79.2. The number of nitrogens with zero attached hydrogens (tertiary/aromatic N) is 8. The number of unbranched alkanes of at least 4 members (excludes halogenated alkanes) is 6. The average Bonchev–Trinajstić information content (AvgIpc) is 1.82. The molecule has 0 unspecified atom stereocenters. The van der Waals surface area contributed by atoms with Gasteiger partial charge in [-0.25, -0.2) is 0 Å². The van der Waals surface area contributed by atoms with E-state index in [1.165, 1.54) is 387 Å². The molecule has 0 heterocycles. The molecule has 8 aliphatic rings. The summed E-state index contributed by atoms with van der Waals surface area (Å²) in [6.07, 6.45) is 63.6. The van der Waals surface area contributed by atoms with E-state index in [0.717, 1.165) is 94.7 Å². The summed E-state index contributed by atoms with van der Waals surface area (Å²) in [7, 11) is 18.1. The number of rotatable bonds is 60. The van der Waals surface area contributed by atoms with E-state index in [-0.39, 0.29) is 0 Å². The first kappa shape index (κ1) is 106. The summed E-state index contributed by atoms with van der Waals surface area (Å²) >= 11 is 0. The molecule has 0 atom stereocenters. The summed E-state index contributed by atoms with van der Waals surface area (Å²) in [5, 5.41) is 0. The van der Waals surface area contributed by atoms with Crippen molar-refractivity contribution in [1.82, 2.24) is 39.2 Å². The number of hydrogen-bond acceptors (Lipinski definition) is 8. The van der Waals surface area contributed by atoms with Crippen LogP contribution in [0.5, 0.6) is 0 Å². The molecule has 0 spiro atoms. The van der Waals surface area contributed by atoms with Gasteiger partial charge in [-0.3, -0.25) is 0 Å².